The molecule has 0 spiro atoms. The van der Waals surface area contributed by atoms with Gasteiger partial charge in [0.25, 0.3) is 0 Å². The van der Waals surface area contributed by atoms with Gasteiger partial charge in [-0.25, -0.2) is 9.78 Å². The molecule has 0 aromatic carbocycles. The maximum Gasteiger partial charge on any atom is 0.410 e. The zero-order valence-corrected chi connectivity index (χ0v) is 17.6. The normalized spacial score (nSPS) is 23.7. The van der Waals surface area contributed by atoms with Gasteiger partial charge in [0.15, 0.2) is 0 Å². The van der Waals surface area contributed by atoms with Crippen LogP contribution in [0.4, 0.5) is 16.4 Å². The summed E-state index contributed by atoms with van der Waals surface area (Å²) in [7, 11) is 1.61. The number of methoxy groups -OCH3 is 1. The molecule has 2 atom stereocenters. The van der Waals surface area contributed by atoms with Crippen molar-refractivity contribution in [3.8, 4) is 5.75 Å². The standard InChI is InChI=1S/C21H30N4O4/c1-21(2,3)29-20(27)24-11-14-7-8-25(16(14)12-24)18-10-15(28-4)9-17(22-18)23-19(26)13-5-6-13/h9-10,13-14,16H,5-8,11-12H2,1-4H3,(H,22,23,26). The van der Waals surface area contributed by atoms with Gasteiger partial charge < -0.3 is 24.6 Å². The molecule has 3 aliphatic rings. The molecule has 3 fully saturated rings. The second-order valence-electron chi connectivity index (χ2n) is 9.21. The zero-order valence-electron chi connectivity index (χ0n) is 17.6. The van der Waals surface area contributed by atoms with E-state index in [4.69, 9.17) is 9.47 Å². The molecule has 1 aromatic rings. The Balaban J connectivity index is 1.49. The number of anilines is 2. The monoisotopic (exact) mass is 402 g/mol. The minimum absolute atomic E-state index is 0.0213. The molecule has 8 nitrogen and oxygen atoms in total. The zero-order chi connectivity index (χ0) is 20.8. The van der Waals surface area contributed by atoms with E-state index in [0.717, 1.165) is 31.6 Å². The van der Waals surface area contributed by atoms with E-state index in [1.54, 1.807) is 18.1 Å². The number of carbonyl (C=O) groups is 2. The number of nitrogens with one attached hydrogen (secondary N) is 1. The quantitative estimate of drug-likeness (QED) is 0.834. The Morgan fingerprint density at radius 1 is 1.17 bits per heavy atom. The average Bonchev–Trinajstić information content (AvgIpc) is 3.29. The van der Waals surface area contributed by atoms with Gasteiger partial charge in [0.2, 0.25) is 5.91 Å². The molecule has 158 valence electrons. The van der Waals surface area contributed by atoms with Crippen molar-refractivity contribution in [3.63, 3.8) is 0 Å². The molecule has 2 unspecified atom stereocenters. The van der Waals surface area contributed by atoms with E-state index in [1.807, 2.05) is 26.8 Å². The number of amides is 2. The Hall–Kier alpha value is -2.51. The number of ether oxygens (including phenoxy) is 2. The summed E-state index contributed by atoms with van der Waals surface area (Å²) in [5, 5.41) is 2.91. The molecule has 1 aromatic heterocycles. The molecule has 4 rings (SSSR count). The van der Waals surface area contributed by atoms with Gasteiger partial charge in [-0.3, -0.25) is 4.79 Å². The number of likely N-dealkylation sites (tertiary alicyclic amines) is 1. The van der Waals surface area contributed by atoms with Crippen LogP contribution in [-0.2, 0) is 9.53 Å². The van der Waals surface area contributed by atoms with Crippen molar-refractivity contribution >= 4 is 23.6 Å². The van der Waals surface area contributed by atoms with E-state index in [0.29, 0.717) is 30.6 Å². The lowest BCUT2D eigenvalue weighted by Gasteiger charge is -2.28. The highest BCUT2D eigenvalue weighted by Crippen LogP contribution is 2.37. The van der Waals surface area contributed by atoms with Crippen molar-refractivity contribution in [2.75, 3.05) is 37.0 Å². The molecule has 29 heavy (non-hydrogen) atoms. The van der Waals surface area contributed by atoms with Gasteiger partial charge in [0, 0.05) is 43.6 Å². The first kappa shape index (κ1) is 19.8. The Morgan fingerprint density at radius 3 is 2.59 bits per heavy atom. The Bertz CT molecular complexity index is 802. The van der Waals surface area contributed by atoms with Crippen LogP contribution >= 0.6 is 0 Å². The van der Waals surface area contributed by atoms with Crippen molar-refractivity contribution in [3.05, 3.63) is 12.1 Å². The third-order valence-electron chi connectivity index (χ3n) is 5.71. The number of pyridine rings is 1. The van der Waals surface area contributed by atoms with E-state index >= 15 is 0 Å². The lowest BCUT2D eigenvalue weighted by molar-refractivity contribution is -0.117. The summed E-state index contributed by atoms with van der Waals surface area (Å²) in [6.45, 7) is 7.82. The lowest BCUT2D eigenvalue weighted by atomic mass is 10.1. The first-order chi connectivity index (χ1) is 13.7. The fraction of sp³-hybridized carbons (Fsp3) is 0.667. The molecule has 0 bridgehead atoms. The SMILES string of the molecule is COc1cc(NC(=O)C2CC2)nc(N2CCC3CN(C(=O)OC(C)(C)C)CC32)c1. The van der Waals surface area contributed by atoms with Crippen LogP contribution in [-0.4, -0.2) is 60.3 Å². The van der Waals surface area contributed by atoms with Gasteiger partial charge >= 0.3 is 6.09 Å². The van der Waals surface area contributed by atoms with Gasteiger partial charge in [-0.05, 0) is 40.0 Å². The van der Waals surface area contributed by atoms with Gasteiger partial charge in [-0.15, -0.1) is 0 Å². The molecule has 2 aliphatic heterocycles. The predicted molar refractivity (Wildman–Crippen MR) is 109 cm³/mol. The van der Waals surface area contributed by atoms with Crippen LogP contribution in [0, 0.1) is 11.8 Å². The Morgan fingerprint density at radius 2 is 1.93 bits per heavy atom. The van der Waals surface area contributed by atoms with E-state index in [1.165, 1.54) is 0 Å². The van der Waals surface area contributed by atoms with E-state index in [9.17, 15) is 9.59 Å². The third kappa shape index (κ3) is 4.41. The number of nitrogens with zero attached hydrogens (tertiary/aromatic N) is 3. The maximum absolute atomic E-state index is 12.5. The average molecular weight is 402 g/mol. The first-order valence-electron chi connectivity index (χ1n) is 10.3. The summed E-state index contributed by atoms with van der Waals surface area (Å²) in [5.41, 5.74) is -0.502. The van der Waals surface area contributed by atoms with E-state index in [2.05, 4.69) is 15.2 Å². The minimum atomic E-state index is -0.502. The third-order valence-corrected chi connectivity index (χ3v) is 5.71. The molecule has 3 heterocycles. The number of hydrogen-bond acceptors (Lipinski definition) is 6. The summed E-state index contributed by atoms with van der Waals surface area (Å²) >= 11 is 0. The molecular weight excluding hydrogens is 372 g/mol. The molecule has 1 aliphatic carbocycles. The van der Waals surface area contributed by atoms with Gasteiger partial charge in [0.05, 0.1) is 13.2 Å². The molecule has 1 N–H and O–H groups in total. The lowest BCUT2D eigenvalue weighted by Crippen LogP contribution is -2.39. The van der Waals surface area contributed by atoms with Crippen molar-refractivity contribution in [1.29, 1.82) is 0 Å². The van der Waals surface area contributed by atoms with Crippen molar-refractivity contribution in [2.45, 2.75) is 51.7 Å². The van der Waals surface area contributed by atoms with E-state index in [-0.39, 0.29) is 24.0 Å². The van der Waals surface area contributed by atoms with Crippen molar-refractivity contribution in [1.82, 2.24) is 9.88 Å². The van der Waals surface area contributed by atoms with Crippen molar-refractivity contribution < 1.29 is 19.1 Å². The molecule has 8 heteroatoms. The summed E-state index contributed by atoms with van der Waals surface area (Å²) in [6, 6.07) is 3.83. The van der Waals surface area contributed by atoms with Crippen LogP contribution in [0.2, 0.25) is 0 Å². The molecule has 2 saturated heterocycles. The fourth-order valence-electron chi connectivity index (χ4n) is 4.12. The second kappa shape index (κ2) is 7.39. The second-order valence-corrected chi connectivity index (χ2v) is 9.21. The molecule has 0 radical (unpaired) electrons. The molecular formula is C21H30N4O4. The number of carbonyl (C=O) groups excluding carboxylic acids is 2. The molecule has 2 amide bonds. The first-order valence-corrected chi connectivity index (χ1v) is 10.3. The highest BCUT2D eigenvalue weighted by Gasteiger charge is 2.44. The topological polar surface area (TPSA) is 84.0 Å². The van der Waals surface area contributed by atoms with Gasteiger partial charge in [-0.2, -0.15) is 0 Å². The Kier molecular flexibility index (Phi) is 5.04. The summed E-state index contributed by atoms with van der Waals surface area (Å²) < 4.78 is 11.0. The maximum atomic E-state index is 12.5. The fourth-order valence-corrected chi connectivity index (χ4v) is 4.12. The van der Waals surface area contributed by atoms with E-state index < -0.39 is 5.60 Å². The van der Waals surface area contributed by atoms with Crippen LogP contribution < -0.4 is 15.0 Å². The van der Waals surface area contributed by atoms with Gasteiger partial charge in [-0.1, -0.05) is 0 Å². The largest absolute Gasteiger partial charge is 0.496 e. The van der Waals surface area contributed by atoms with Crippen LogP contribution in [0.1, 0.15) is 40.0 Å². The number of aromatic nitrogens is 1. The Labute approximate surface area is 171 Å². The predicted octanol–water partition coefficient (Wildman–Crippen LogP) is 2.88. The van der Waals surface area contributed by atoms with Gasteiger partial charge in [0.1, 0.15) is 23.0 Å². The van der Waals surface area contributed by atoms with Crippen LogP contribution in [0.15, 0.2) is 12.1 Å². The highest BCUT2D eigenvalue weighted by atomic mass is 16.6. The number of hydrogen-bond donors (Lipinski definition) is 1. The van der Waals surface area contributed by atoms with Crippen LogP contribution in [0.3, 0.4) is 0 Å². The number of rotatable bonds is 4. The summed E-state index contributed by atoms with van der Waals surface area (Å²) in [4.78, 5) is 33.3. The highest BCUT2D eigenvalue weighted by molar-refractivity contribution is 5.93. The van der Waals surface area contributed by atoms with Crippen molar-refractivity contribution in [2.24, 2.45) is 11.8 Å². The smallest absolute Gasteiger partial charge is 0.410 e. The number of fused-ring (bicyclic) bond motifs is 1. The molecule has 1 saturated carbocycles. The van der Waals surface area contributed by atoms with Crippen LogP contribution in [0.25, 0.3) is 0 Å². The van der Waals surface area contributed by atoms with Crippen LogP contribution in [0.5, 0.6) is 5.75 Å². The summed E-state index contributed by atoms with van der Waals surface area (Å²) in [6.07, 6.45) is 2.62. The minimum Gasteiger partial charge on any atom is -0.496 e. The summed E-state index contributed by atoms with van der Waals surface area (Å²) in [5.74, 6) is 2.47.